The van der Waals surface area contributed by atoms with Gasteiger partial charge in [-0.3, -0.25) is 14.3 Å². The molecule has 0 saturated heterocycles. The maximum absolute atomic E-state index is 12.6. The molecule has 1 aliphatic heterocycles. The molecule has 8 nitrogen and oxygen atoms in total. The molecule has 3 aromatic heterocycles. The van der Waals surface area contributed by atoms with E-state index in [0.717, 1.165) is 0 Å². The van der Waals surface area contributed by atoms with E-state index in [0.29, 0.717) is 35.3 Å². The number of fused-ring (bicyclic) bond motifs is 1. The van der Waals surface area contributed by atoms with Crippen LogP contribution in [0.1, 0.15) is 16.2 Å². The van der Waals surface area contributed by atoms with Crippen LogP contribution in [0.5, 0.6) is 0 Å². The first-order valence-electron chi connectivity index (χ1n) is 7.63. The molecule has 0 spiro atoms. The predicted octanol–water partition coefficient (Wildman–Crippen LogP) is 1.13. The first-order valence-corrected chi connectivity index (χ1v) is 8.01. The lowest BCUT2D eigenvalue weighted by atomic mass is 10.2. The third-order valence-corrected chi connectivity index (χ3v) is 4.26. The lowest BCUT2D eigenvalue weighted by Crippen LogP contribution is -2.40. The van der Waals surface area contributed by atoms with Crippen molar-refractivity contribution >= 4 is 17.5 Å². The summed E-state index contributed by atoms with van der Waals surface area (Å²) in [5, 5.41) is 4.70. The van der Waals surface area contributed by atoms with Crippen molar-refractivity contribution < 1.29 is 4.79 Å². The molecule has 0 aromatic carbocycles. The van der Waals surface area contributed by atoms with Crippen LogP contribution < -0.4 is 5.69 Å². The standard InChI is InChI=1S/C16H13ClN6O2/c17-13-2-1-11(9-19-13)15(24)21-7-8-22-14(10-21)20-23(16(22)25)12-3-5-18-6-4-12/h1-6,9H,7-8,10H2. The number of rotatable bonds is 2. The summed E-state index contributed by atoms with van der Waals surface area (Å²) < 4.78 is 2.92. The van der Waals surface area contributed by atoms with Crippen LogP contribution >= 0.6 is 11.6 Å². The van der Waals surface area contributed by atoms with Crippen LogP contribution in [0.15, 0.2) is 47.7 Å². The zero-order valence-corrected chi connectivity index (χ0v) is 13.8. The van der Waals surface area contributed by atoms with E-state index in [4.69, 9.17) is 11.6 Å². The van der Waals surface area contributed by atoms with Gasteiger partial charge < -0.3 is 4.90 Å². The molecule has 25 heavy (non-hydrogen) atoms. The quantitative estimate of drug-likeness (QED) is 0.642. The van der Waals surface area contributed by atoms with Gasteiger partial charge in [0.2, 0.25) is 0 Å². The van der Waals surface area contributed by atoms with Crippen LogP contribution in [-0.2, 0) is 13.1 Å². The maximum atomic E-state index is 12.6. The molecule has 0 fully saturated rings. The Labute approximate surface area is 147 Å². The van der Waals surface area contributed by atoms with Gasteiger partial charge in [0.15, 0.2) is 5.82 Å². The normalized spacial score (nSPS) is 13.6. The van der Waals surface area contributed by atoms with Crippen molar-refractivity contribution in [1.29, 1.82) is 0 Å². The van der Waals surface area contributed by atoms with Gasteiger partial charge in [-0.25, -0.2) is 9.78 Å². The van der Waals surface area contributed by atoms with Crippen molar-refractivity contribution in [3.05, 3.63) is 69.9 Å². The van der Waals surface area contributed by atoms with Gasteiger partial charge in [0.25, 0.3) is 5.91 Å². The number of pyridine rings is 2. The summed E-state index contributed by atoms with van der Waals surface area (Å²) >= 11 is 5.76. The number of nitrogens with zero attached hydrogens (tertiary/aromatic N) is 6. The van der Waals surface area contributed by atoms with Gasteiger partial charge >= 0.3 is 5.69 Å². The zero-order chi connectivity index (χ0) is 17.4. The monoisotopic (exact) mass is 356 g/mol. The van der Waals surface area contributed by atoms with E-state index < -0.39 is 0 Å². The number of carbonyl (C=O) groups excluding carboxylic acids is 1. The molecule has 3 aromatic rings. The topological polar surface area (TPSA) is 85.9 Å². The van der Waals surface area contributed by atoms with Crippen molar-refractivity contribution in [2.24, 2.45) is 0 Å². The second-order valence-electron chi connectivity index (χ2n) is 5.56. The molecule has 0 unspecified atom stereocenters. The highest BCUT2D eigenvalue weighted by atomic mass is 35.5. The molecule has 0 aliphatic carbocycles. The Hall–Kier alpha value is -3.00. The molecule has 0 N–H and O–H groups in total. The van der Waals surface area contributed by atoms with E-state index >= 15 is 0 Å². The van der Waals surface area contributed by atoms with E-state index in [1.165, 1.54) is 10.9 Å². The minimum Gasteiger partial charge on any atom is -0.329 e. The summed E-state index contributed by atoms with van der Waals surface area (Å²) in [6, 6.07) is 6.63. The van der Waals surface area contributed by atoms with Crippen molar-refractivity contribution in [3.8, 4) is 5.69 Å². The van der Waals surface area contributed by atoms with Gasteiger partial charge in [-0.05, 0) is 24.3 Å². The van der Waals surface area contributed by atoms with Crippen molar-refractivity contribution in [1.82, 2.24) is 29.2 Å². The van der Waals surface area contributed by atoms with E-state index in [1.807, 2.05) is 0 Å². The van der Waals surface area contributed by atoms with Gasteiger partial charge in [0.05, 0.1) is 17.8 Å². The number of carbonyl (C=O) groups is 1. The SMILES string of the molecule is O=C(c1ccc(Cl)nc1)N1CCn2c(nn(-c3ccncc3)c2=O)C1. The van der Waals surface area contributed by atoms with Gasteiger partial charge in [-0.15, -0.1) is 5.10 Å². The summed E-state index contributed by atoms with van der Waals surface area (Å²) in [5.41, 5.74) is 0.872. The van der Waals surface area contributed by atoms with E-state index in [2.05, 4.69) is 15.1 Å². The lowest BCUT2D eigenvalue weighted by Gasteiger charge is -2.26. The molecule has 126 valence electrons. The molecular formula is C16H13ClN6O2. The predicted molar refractivity (Wildman–Crippen MR) is 89.6 cm³/mol. The number of aromatic nitrogens is 5. The Bertz CT molecular complexity index is 980. The fraction of sp³-hybridized carbons (Fsp3) is 0.188. The second kappa shape index (κ2) is 6.14. The Morgan fingerprint density at radius 3 is 2.64 bits per heavy atom. The summed E-state index contributed by atoms with van der Waals surface area (Å²) in [5.74, 6) is 0.379. The molecule has 4 heterocycles. The Morgan fingerprint density at radius 1 is 1.12 bits per heavy atom. The van der Waals surface area contributed by atoms with Gasteiger partial charge in [-0.2, -0.15) is 4.68 Å². The average Bonchev–Trinajstić information content (AvgIpc) is 2.99. The van der Waals surface area contributed by atoms with E-state index in [-0.39, 0.29) is 18.1 Å². The van der Waals surface area contributed by atoms with Crippen LogP contribution in [0.3, 0.4) is 0 Å². The van der Waals surface area contributed by atoms with E-state index in [1.54, 1.807) is 46.1 Å². The Kier molecular flexibility index (Phi) is 3.81. The summed E-state index contributed by atoms with van der Waals surface area (Å²) in [6.07, 6.45) is 4.65. The molecule has 1 amide bonds. The van der Waals surface area contributed by atoms with E-state index in [9.17, 15) is 9.59 Å². The minimum absolute atomic E-state index is 0.165. The van der Waals surface area contributed by atoms with Crippen LogP contribution in [0.25, 0.3) is 5.69 Å². The zero-order valence-electron chi connectivity index (χ0n) is 13.0. The molecule has 4 rings (SSSR count). The highest BCUT2D eigenvalue weighted by Gasteiger charge is 2.26. The highest BCUT2D eigenvalue weighted by Crippen LogP contribution is 2.14. The molecule has 1 aliphatic rings. The first-order chi connectivity index (χ1) is 12.1. The summed E-state index contributed by atoms with van der Waals surface area (Å²) in [6.45, 7) is 1.08. The average molecular weight is 357 g/mol. The molecule has 0 radical (unpaired) electrons. The molecule has 0 saturated carbocycles. The first kappa shape index (κ1) is 15.5. The van der Waals surface area contributed by atoms with Gasteiger partial charge in [-0.1, -0.05) is 11.6 Å². The molecular weight excluding hydrogens is 344 g/mol. The molecule has 0 atom stereocenters. The van der Waals surface area contributed by atoms with Crippen LogP contribution in [0.4, 0.5) is 0 Å². The van der Waals surface area contributed by atoms with Crippen LogP contribution in [-0.4, -0.2) is 41.7 Å². The largest absolute Gasteiger partial charge is 0.350 e. The van der Waals surface area contributed by atoms with Crippen LogP contribution in [0.2, 0.25) is 5.15 Å². The van der Waals surface area contributed by atoms with Crippen molar-refractivity contribution in [3.63, 3.8) is 0 Å². The fourth-order valence-corrected chi connectivity index (χ4v) is 2.87. The smallest absolute Gasteiger partial charge is 0.329 e. The van der Waals surface area contributed by atoms with Gasteiger partial charge in [0, 0.05) is 31.7 Å². The maximum Gasteiger partial charge on any atom is 0.350 e. The molecule has 0 bridgehead atoms. The minimum atomic E-state index is -0.221. The second-order valence-corrected chi connectivity index (χ2v) is 5.95. The van der Waals surface area contributed by atoms with Crippen molar-refractivity contribution in [2.45, 2.75) is 13.1 Å². The Morgan fingerprint density at radius 2 is 1.92 bits per heavy atom. The lowest BCUT2D eigenvalue weighted by molar-refractivity contribution is 0.0706. The number of amides is 1. The highest BCUT2D eigenvalue weighted by molar-refractivity contribution is 6.29. The van der Waals surface area contributed by atoms with Gasteiger partial charge in [0.1, 0.15) is 5.15 Å². The van der Waals surface area contributed by atoms with Crippen LogP contribution in [0, 0.1) is 0 Å². The summed E-state index contributed by atoms with van der Waals surface area (Å²) in [4.78, 5) is 34.6. The summed E-state index contributed by atoms with van der Waals surface area (Å²) in [7, 11) is 0. The third kappa shape index (κ3) is 2.80. The van der Waals surface area contributed by atoms with Crippen molar-refractivity contribution in [2.75, 3.05) is 6.54 Å². The molecule has 9 heteroatoms. The third-order valence-electron chi connectivity index (χ3n) is 4.03. The number of hydrogen-bond acceptors (Lipinski definition) is 5. The number of hydrogen-bond donors (Lipinski definition) is 0. The fourth-order valence-electron chi connectivity index (χ4n) is 2.76. The Balaban J connectivity index is 1.62. The number of halogens is 1.